The van der Waals surface area contributed by atoms with Crippen molar-refractivity contribution in [3.63, 3.8) is 0 Å². The number of nitrogens with zero attached hydrogens (tertiary/aromatic N) is 2. The molecule has 0 N–H and O–H groups in total. The number of para-hydroxylation sites is 4. The molecule has 0 aliphatic heterocycles. The van der Waals surface area contributed by atoms with Crippen LogP contribution in [0, 0.1) is 0 Å². The first-order chi connectivity index (χ1) is 30.3. The summed E-state index contributed by atoms with van der Waals surface area (Å²) >= 11 is 0. The van der Waals surface area contributed by atoms with Gasteiger partial charge >= 0.3 is 0 Å². The van der Waals surface area contributed by atoms with Gasteiger partial charge in [-0.05, 0) is 116 Å². The molecular formula is C59H40N2. The van der Waals surface area contributed by atoms with Gasteiger partial charge in [-0.3, -0.25) is 0 Å². The fourth-order valence-electron chi connectivity index (χ4n) is 10.4. The highest BCUT2D eigenvalue weighted by atomic mass is 15.2. The van der Waals surface area contributed by atoms with Crippen LogP contribution in [-0.2, 0) is 5.41 Å². The molecule has 10 aromatic carbocycles. The number of fused-ring (bicyclic) bond motifs is 12. The third-order valence-electron chi connectivity index (χ3n) is 12.8. The summed E-state index contributed by atoms with van der Waals surface area (Å²) in [5.41, 5.74) is 18.8. The topological polar surface area (TPSA) is 6.48 Å². The summed E-state index contributed by atoms with van der Waals surface area (Å²) in [5, 5.41) is 2.47. The van der Waals surface area contributed by atoms with Gasteiger partial charge in [0.15, 0.2) is 0 Å². The first-order valence-corrected chi connectivity index (χ1v) is 21.1. The van der Waals surface area contributed by atoms with Crippen LogP contribution in [0.3, 0.4) is 0 Å². The molecule has 0 bridgehead atoms. The zero-order valence-electron chi connectivity index (χ0n) is 33.5. The maximum Gasteiger partial charge on any atom is 0.0733 e. The molecule has 10 aromatic rings. The first kappa shape index (κ1) is 35.0. The zero-order chi connectivity index (χ0) is 40.3. The lowest BCUT2D eigenvalue weighted by Gasteiger charge is -2.34. The van der Waals surface area contributed by atoms with Crippen molar-refractivity contribution in [2.75, 3.05) is 9.80 Å². The lowest BCUT2D eigenvalue weighted by Crippen LogP contribution is -2.27. The van der Waals surface area contributed by atoms with Crippen molar-refractivity contribution >= 4 is 44.9 Å². The van der Waals surface area contributed by atoms with E-state index in [1.807, 2.05) is 0 Å². The van der Waals surface area contributed by atoms with Crippen molar-refractivity contribution in [3.8, 4) is 33.4 Å². The van der Waals surface area contributed by atoms with Crippen LogP contribution < -0.4 is 9.80 Å². The molecule has 2 aliphatic carbocycles. The third kappa shape index (κ3) is 5.29. The van der Waals surface area contributed by atoms with E-state index >= 15 is 0 Å². The molecule has 0 fully saturated rings. The van der Waals surface area contributed by atoms with Gasteiger partial charge in [-0.2, -0.15) is 0 Å². The van der Waals surface area contributed by atoms with Crippen LogP contribution >= 0.6 is 0 Å². The van der Waals surface area contributed by atoms with E-state index in [-0.39, 0.29) is 0 Å². The minimum Gasteiger partial charge on any atom is -0.310 e. The summed E-state index contributed by atoms with van der Waals surface area (Å²) in [6, 6.07) is 89.0. The van der Waals surface area contributed by atoms with Gasteiger partial charge in [-0.1, -0.05) is 182 Å². The summed E-state index contributed by atoms with van der Waals surface area (Å²) in [4.78, 5) is 4.90. The summed E-state index contributed by atoms with van der Waals surface area (Å²) in [6.45, 7) is 0. The Morgan fingerprint density at radius 2 is 0.787 bits per heavy atom. The standard InChI is InChI=1S/C59H40N2/c1-5-21-41(22-6-1)47-30-17-20-36-55(47)61(45-28-11-4-12-29-45)56-39-42-23-13-14-31-48(42)58-57(56)51-33-16-19-35-53(51)59(58)52-34-18-15-32-49(52)50-38-37-46(40-54(50)59)60(43-24-7-2-8-25-43)44-26-9-3-10-27-44/h1-40H. The van der Waals surface area contributed by atoms with Gasteiger partial charge in [0, 0.05) is 33.9 Å². The van der Waals surface area contributed by atoms with E-state index in [0.29, 0.717) is 0 Å². The predicted molar refractivity (Wildman–Crippen MR) is 255 cm³/mol. The van der Waals surface area contributed by atoms with Crippen molar-refractivity contribution in [1.82, 2.24) is 0 Å². The molecular weight excluding hydrogens is 737 g/mol. The van der Waals surface area contributed by atoms with Crippen LogP contribution in [0.15, 0.2) is 243 Å². The molecule has 12 rings (SSSR count). The Morgan fingerprint density at radius 3 is 1.46 bits per heavy atom. The average molecular weight is 777 g/mol. The van der Waals surface area contributed by atoms with E-state index in [4.69, 9.17) is 0 Å². The van der Waals surface area contributed by atoms with Crippen LogP contribution in [0.4, 0.5) is 34.1 Å². The molecule has 2 heteroatoms. The number of benzene rings is 10. The normalized spacial score (nSPS) is 14.3. The Labute approximate surface area is 356 Å². The molecule has 0 saturated heterocycles. The highest BCUT2D eigenvalue weighted by Crippen LogP contribution is 2.67. The van der Waals surface area contributed by atoms with Gasteiger partial charge in [0.2, 0.25) is 0 Å². The molecule has 286 valence electrons. The van der Waals surface area contributed by atoms with Gasteiger partial charge in [0.25, 0.3) is 0 Å². The Hall–Kier alpha value is -7.94. The monoisotopic (exact) mass is 776 g/mol. The minimum absolute atomic E-state index is 0.607. The summed E-state index contributed by atoms with van der Waals surface area (Å²) in [6.07, 6.45) is 0. The van der Waals surface area contributed by atoms with Crippen LogP contribution in [0.25, 0.3) is 44.2 Å². The number of hydrogen-bond acceptors (Lipinski definition) is 2. The summed E-state index contributed by atoms with van der Waals surface area (Å²) < 4.78 is 0. The second kappa shape index (κ2) is 14.1. The fraction of sp³-hybridized carbons (Fsp3) is 0.0169. The molecule has 1 unspecified atom stereocenters. The fourth-order valence-corrected chi connectivity index (χ4v) is 10.4. The number of anilines is 6. The lowest BCUT2D eigenvalue weighted by atomic mass is 9.69. The smallest absolute Gasteiger partial charge is 0.0733 e. The second-order valence-electron chi connectivity index (χ2n) is 16.0. The van der Waals surface area contributed by atoms with Crippen LogP contribution in [0.5, 0.6) is 0 Å². The Kier molecular flexibility index (Phi) is 8.11. The molecule has 1 spiro atoms. The van der Waals surface area contributed by atoms with Gasteiger partial charge in [0.1, 0.15) is 0 Å². The van der Waals surface area contributed by atoms with Gasteiger partial charge in [0.05, 0.1) is 16.8 Å². The predicted octanol–water partition coefficient (Wildman–Crippen LogP) is 15.8. The van der Waals surface area contributed by atoms with E-state index in [1.54, 1.807) is 0 Å². The van der Waals surface area contributed by atoms with Crippen LogP contribution in [-0.4, -0.2) is 0 Å². The highest BCUT2D eigenvalue weighted by Gasteiger charge is 2.53. The molecule has 0 aromatic heterocycles. The summed E-state index contributed by atoms with van der Waals surface area (Å²) in [7, 11) is 0. The Bertz CT molecular complexity index is 3210. The van der Waals surface area contributed by atoms with E-state index in [0.717, 1.165) is 34.1 Å². The molecule has 0 amide bonds. The second-order valence-corrected chi connectivity index (χ2v) is 16.0. The van der Waals surface area contributed by atoms with Gasteiger partial charge in [-0.15, -0.1) is 0 Å². The summed E-state index contributed by atoms with van der Waals surface area (Å²) in [5.74, 6) is 0. The molecule has 2 aliphatic rings. The zero-order valence-corrected chi connectivity index (χ0v) is 33.5. The lowest BCUT2D eigenvalue weighted by molar-refractivity contribution is 0.801. The van der Waals surface area contributed by atoms with Crippen molar-refractivity contribution in [2.45, 2.75) is 5.41 Å². The van der Waals surface area contributed by atoms with Crippen molar-refractivity contribution in [2.24, 2.45) is 0 Å². The first-order valence-electron chi connectivity index (χ1n) is 21.1. The van der Waals surface area contributed by atoms with Crippen LogP contribution in [0.1, 0.15) is 22.3 Å². The maximum absolute atomic E-state index is 2.51. The van der Waals surface area contributed by atoms with E-state index < -0.39 is 5.41 Å². The average Bonchev–Trinajstić information content (AvgIpc) is 3.81. The van der Waals surface area contributed by atoms with Gasteiger partial charge < -0.3 is 9.80 Å². The molecule has 0 heterocycles. The Morgan fingerprint density at radius 1 is 0.295 bits per heavy atom. The maximum atomic E-state index is 2.51. The molecule has 2 nitrogen and oxygen atoms in total. The molecule has 61 heavy (non-hydrogen) atoms. The molecule has 1 atom stereocenters. The number of hydrogen-bond donors (Lipinski definition) is 0. The minimum atomic E-state index is -0.607. The van der Waals surface area contributed by atoms with E-state index in [2.05, 4.69) is 252 Å². The number of rotatable bonds is 7. The SMILES string of the molecule is c1ccc(-c2ccccc2N(c2ccccc2)c2cc3ccccc3c3c2-c2ccccc2C32c3ccccc3-c3ccc(N(c4ccccc4)c4ccccc4)cc32)cc1. The van der Waals surface area contributed by atoms with Crippen molar-refractivity contribution < 1.29 is 0 Å². The quantitative estimate of drug-likeness (QED) is 0.159. The molecule has 0 saturated carbocycles. The third-order valence-corrected chi connectivity index (χ3v) is 12.8. The Balaban J connectivity index is 1.21. The van der Waals surface area contributed by atoms with Crippen LogP contribution in [0.2, 0.25) is 0 Å². The van der Waals surface area contributed by atoms with E-state index in [1.165, 1.54) is 66.4 Å². The van der Waals surface area contributed by atoms with Crippen molar-refractivity contribution in [3.05, 3.63) is 265 Å². The van der Waals surface area contributed by atoms with E-state index in [9.17, 15) is 0 Å². The largest absolute Gasteiger partial charge is 0.310 e. The van der Waals surface area contributed by atoms with Gasteiger partial charge in [-0.25, -0.2) is 0 Å². The highest BCUT2D eigenvalue weighted by molar-refractivity contribution is 6.10. The van der Waals surface area contributed by atoms with Crippen molar-refractivity contribution in [1.29, 1.82) is 0 Å². The molecule has 0 radical (unpaired) electrons.